The molecule has 0 spiro atoms. The highest BCUT2D eigenvalue weighted by molar-refractivity contribution is 7.94. The van der Waals surface area contributed by atoms with Crippen molar-refractivity contribution in [2.24, 2.45) is 0 Å². The predicted molar refractivity (Wildman–Crippen MR) is 77.3 cm³/mol. The van der Waals surface area contributed by atoms with E-state index in [1.54, 1.807) is 24.3 Å². The Bertz CT molecular complexity index is 693. The van der Waals surface area contributed by atoms with E-state index in [1.807, 2.05) is 6.92 Å². The van der Waals surface area contributed by atoms with Crippen LogP contribution in [0.3, 0.4) is 0 Å². The Balaban J connectivity index is 2.28. The lowest BCUT2D eigenvalue weighted by atomic mass is 10.2. The molecule has 2 aromatic rings. The maximum absolute atomic E-state index is 12.1. The highest BCUT2D eigenvalue weighted by Crippen LogP contribution is 2.27. The molecule has 5 nitrogen and oxygen atoms in total. The van der Waals surface area contributed by atoms with E-state index in [2.05, 4.69) is 4.72 Å². The lowest BCUT2D eigenvalue weighted by Crippen LogP contribution is -2.11. The van der Waals surface area contributed by atoms with Crippen LogP contribution in [0.1, 0.15) is 4.88 Å². The van der Waals surface area contributed by atoms with E-state index in [0.717, 1.165) is 4.88 Å². The minimum absolute atomic E-state index is 0.277. The number of rotatable bonds is 4. The fourth-order valence-electron chi connectivity index (χ4n) is 1.56. The molecule has 19 heavy (non-hydrogen) atoms. The molecule has 2 rings (SSSR count). The summed E-state index contributed by atoms with van der Waals surface area (Å²) >= 11 is 1.22. The zero-order chi connectivity index (χ0) is 14.0. The van der Waals surface area contributed by atoms with E-state index in [-0.39, 0.29) is 4.21 Å². The number of methoxy groups -OCH3 is 1. The number of nitrogens with one attached hydrogen (secondary N) is 1. The number of hydrogen-bond donors (Lipinski definition) is 2. The summed E-state index contributed by atoms with van der Waals surface area (Å²) in [7, 11) is -2.05. The van der Waals surface area contributed by atoms with Gasteiger partial charge >= 0.3 is 0 Å². The van der Waals surface area contributed by atoms with Gasteiger partial charge in [-0.15, -0.1) is 11.3 Å². The van der Waals surface area contributed by atoms with Crippen molar-refractivity contribution >= 4 is 32.7 Å². The molecule has 1 aromatic heterocycles. The third-order valence-electron chi connectivity index (χ3n) is 2.46. The Kier molecular flexibility index (Phi) is 3.68. The van der Waals surface area contributed by atoms with Gasteiger partial charge in [0, 0.05) is 4.88 Å². The van der Waals surface area contributed by atoms with Crippen molar-refractivity contribution in [3.8, 4) is 5.75 Å². The topological polar surface area (TPSA) is 81.4 Å². The standard InChI is InChI=1S/C12H14N2O3S2/c1-8-3-6-12(18-8)19(15,16)14-9-4-5-11(17-2)10(13)7-9/h3-7,14H,13H2,1-2H3. The third kappa shape index (κ3) is 2.99. The molecular weight excluding hydrogens is 284 g/mol. The van der Waals surface area contributed by atoms with Gasteiger partial charge in [0.2, 0.25) is 0 Å². The first-order valence-electron chi connectivity index (χ1n) is 5.45. The summed E-state index contributed by atoms with van der Waals surface area (Å²) in [6.07, 6.45) is 0. The van der Waals surface area contributed by atoms with Gasteiger partial charge in [0.25, 0.3) is 10.0 Å². The summed E-state index contributed by atoms with van der Waals surface area (Å²) in [6.45, 7) is 1.86. The highest BCUT2D eigenvalue weighted by atomic mass is 32.2. The second-order valence-corrected chi connectivity index (χ2v) is 7.12. The number of thiophene rings is 1. The van der Waals surface area contributed by atoms with Crippen molar-refractivity contribution in [1.82, 2.24) is 0 Å². The van der Waals surface area contributed by atoms with Gasteiger partial charge in [-0.25, -0.2) is 8.42 Å². The fraction of sp³-hybridized carbons (Fsp3) is 0.167. The first-order valence-corrected chi connectivity index (χ1v) is 7.75. The van der Waals surface area contributed by atoms with E-state index in [1.165, 1.54) is 24.5 Å². The Morgan fingerprint density at radius 3 is 2.53 bits per heavy atom. The number of nitrogen functional groups attached to an aromatic ring is 1. The third-order valence-corrected chi connectivity index (χ3v) is 5.34. The normalized spacial score (nSPS) is 11.3. The average Bonchev–Trinajstić information content (AvgIpc) is 2.76. The van der Waals surface area contributed by atoms with Gasteiger partial charge in [-0.1, -0.05) is 0 Å². The van der Waals surface area contributed by atoms with Gasteiger partial charge < -0.3 is 10.5 Å². The first-order chi connectivity index (χ1) is 8.92. The molecule has 0 atom stereocenters. The first kappa shape index (κ1) is 13.7. The minimum atomic E-state index is -3.56. The number of anilines is 2. The van der Waals surface area contributed by atoms with E-state index in [9.17, 15) is 8.42 Å². The molecule has 0 bridgehead atoms. The van der Waals surface area contributed by atoms with Crippen LogP contribution in [0.15, 0.2) is 34.5 Å². The van der Waals surface area contributed by atoms with E-state index >= 15 is 0 Å². The van der Waals surface area contributed by atoms with Gasteiger partial charge in [0.15, 0.2) is 0 Å². The van der Waals surface area contributed by atoms with Crippen LogP contribution >= 0.6 is 11.3 Å². The molecule has 102 valence electrons. The van der Waals surface area contributed by atoms with E-state index in [0.29, 0.717) is 17.1 Å². The molecule has 0 saturated carbocycles. The number of nitrogens with two attached hydrogens (primary N) is 1. The van der Waals surface area contributed by atoms with Crippen molar-refractivity contribution in [2.75, 3.05) is 17.6 Å². The zero-order valence-corrected chi connectivity index (χ0v) is 12.1. The Hall–Kier alpha value is -1.73. The van der Waals surface area contributed by atoms with Crippen molar-refractivity contribution < 1.29 is 13.2 Å². The second-order valence-electron chi connectivity index (χ2n) is 3.93. The number of hydrogen-bond acceptors (Lipinski definition) is 5. The SMILES string of the molecule is COc1ccc(NS(=O)(=O)c2ccc(C)s2)cc1N. The van der Waals surface area contributed by atoms with Crippen LogP contribution in [-0.2, 0) is 10.0 Å². The van der Waals surface area contributed by atoms with Gasteiger partial charge in [0.1, 0.15) is 9.96 Å². The monoisotopic (exact) mass is 298 g/mol. The Morgan fingerprint density at radius 2 is 2.00 bits per heavy atom. The van der Waals surface area contributed by atoms with Crippen LogP contribution in [0.25, 0.3) is 0 Å². The summed E-state index contributed by atoms with van der Waals surface area (Å²) in [5, 5.41) is 0. The summed E-state index contributed by atoms with van der Waals surface area (Å²) < 4.78 is 32.0. The van der Waals surface area contributed by atoms with Crippen molar-refractivity contribution in [2.45, 2.75) is 11.1 Å². The predicted octanol–water partition coefficient (Wildman–Crippen LogP) is 2.45. The van der Waals surface area contributed by atoms with Crippen LogP contribution in [0.5, 0.6) is 5.75 Å². The van der Waals surface area contributed by atoms with Crippen LogP contribution in [0, 0.1) is 6.92 Å². The average molecular weight is 298 g/mol. The van der Waals surface area contributed by atoms with Crippen molar-refractivity contribution in [3.05, 3.63) is 35.2 Å². The molecule has 3 N–H and O–H groups in total. The van der Waals surface area contributed by atoms with Gasteiger partial charge in [-0.3, -0.25) is 4.72 Å². The summed E-state index contributed by atoms with van der Waals surface area (Å²) in [4.78, 5) is 0.939. The van der Waals surface area contributed by atoms with Crippen LogP contribution in [0.4, 0.5) is 11.4 Å². The Labute approximate surface area is 116 Å². The van der Waals surface area contributed by atoms with E-state index in [4.69, 9.17) is 10.5 Å². The van der Waals surface area contributed by atoms with Crippen LogP contribution in [-0.4, -0.2) is 15.5 Å². The molecule has 0 radical (unpaired) electrons. The van der Waals surface area contributed by atoms with Crippen LogP contribution in [0.2, 0.25) is 0 Å². The molecule has 0 amide bonds. The van der Waals surface area contributed by atoms with Gasteiger partial charge in [0.05, 0.1) is 18.5 Å². The largest absolute Gasteiger partial charge is 0.495 e. The summed E-state index contributed by atoms with van der Waals surface area (Å²) in [6, 6.07) is 8.09. The smallest absolute Gasteiger partial charge is 0.271 e. The number of sulfonamides is 1. The summed E-state index contributed by atoms with van der Waals surface area (Å²) in [5.74, 6) is 0.509. The van der Waals surface area contributed by atoms with Crippen LogP contribution < -0.4 is 15.2 Å². The lowest BCUT2D eigenvalue weighted by molar-refractivity contribution is 0.417. The van der Waals surface area contributed by atoms with Gasteiger partial charge in [-0.05, 0) is 37.3 Å². The molecule has 0 aliphatic rings. The Morgan fingerprint density at radius 1 is 1.26 bits per heavy atom. The lowest BCUT2D eigenvalue weighted by Gasteiger charge is -2.09. The minimum Gasteiger partial charge on any atom is -0.495 e. The maximum Gasteiger partial charge on any atom is 0.271 e. The molecule has 0 unspecified atom stereocenters. The zero-order valence-electron chi connectivity index (χ0n) is 10.5. The molecule has 1 heterocycles. The van der Waals surface area contributed by atoms with Gasteiger partial charge in [-0.2, -0.15) is 0 Å². The van der Waals surface area contributed by atoms with E-state index < -0.39 is 10.0 Å². The molecule has 0 aliphatic carbocycles. The fourth-order valence-corrected chi connectivity index (χ4v) is 3.89. The maximum atomic E-state index is 12.1. The second kappa shape index (κ2) is 5.10. The molecule has 0 saturated heterocycles. The molecule has 0 fully saturated rings. The molecular formula is C12H14N2O3S2. The van der Waals surface area contributed by atoms with Crippen molar-refractivity contribution in [3.63, 3.8) is 0 Å². The van der Waals surface area contributed by atoms with Crippen molar-refractivity contribution in [1.29, 1.82) is 0 Å². The molecule has 1 aromatic carbocycles. The quantitative estimate of drug-likeness (QED) is 0.849. The highest BCUT2D eigenvalue weighted by Gasteiger charge is 2.16. The summed E-state index contributed by atoms with van der Waals surface area (Å²) in [5.41, 5.74) is 6.52. The number of ether oxygens (including phenoxy) is 1. The number of benzene rings is 1. The number of aryl methyl sites for hydroxylation is 1. The molecule has 0 aliphatic heterocycles. The molecule has 7 heteroatoms.